The van der Waals surface area contributed by atoms with Gasteiger partial charge in [-0.3, -0.25) is 0 Å². The second-order valence-electron chi connectivity index (χ2n) is 5.20. The molecular formula is C14H25Na3O7S. The molecule has 132 valence electrons. The topological polar surface area (TPSA) is 137 Å². The van der Waals surface area contributed by atoms with Crippen LogP contribution in [0.4, 0.5) is 0 Å². The average Bonchev–Trinajstić information content (AvgIpc) is 2.40. The van der Waals surface area contributed by atoms with Gasteiger partial charge in [0, 0.05) is 17.2 Å². The molecule has 2 atom stereocenters. The van der Waals surface area contributed by atoms with E-state index in [2.05, 4.69) is 6.92 Å². The Morgan fingerprint density at radius 2 is 1.36 bits per heavy atom. The van der Waals surface area contributed by atoms with Crippen LogP contribution in [0.25, 0.3) is 0 Å². The average molecular weight is 406 g/mol. The maximum atomic E-state index is 10.7. The zero-order chi connectivity index (χ0) is 17.8. The van der Waals surface area contributed by atoms with Crippen molar-refractivity contribution < 1.29 is 121 Å². The van der Waals surface area contributed by atoms with Gasteiger partial charge in [-0.15, -0.1) is 0 Å². The van der Waals surface area contributed by atoms with Crippen LogP contribution >= 0.6 is 0 Å². The maximum absolute atomic E-state index is 10.7. The Bertz CT molecular complexity index is 416. The van der Waals surface area contributed by atoms with Gasteiger partial charge in [-0.2, -0.15) is 0 Å². The smallest absolute Gasteiger partial charge is 0.748 e. The summed E-state index contributed by atoms with van der Waals surface area (Å²) < 4.78 is 32.1. The predicted molar refractivity (Wildman–Crippen MR) is 76.3 cm³/mol. The number of carbonyl (C=O) groups excluding carboxylic acids is 2. The van der Waals surface area contributed by atoms with Crippen molar-refractivity contribution in [1.82, 2.24) is 0 Å². The van der Waals surface area contributed by atoms with Crippen molar-refractivity contribution in [1.29, 1.82) is 0 Å². The van der Waals surface area contributed by atoms with Crippen molar-refractivity contribution in [3.8, 4) is 0 Å². The number of hydrogen-bond donors (Lipinski definition) is 0. The van der Waals surface area contributed by atoms with E-state index < -0.39 is 40.1 Å². The van der Waals surface area contributed by atoms with E-state index in [-0.39, 0.29) is 88.7 Å². The molecule has 0 aliphatic rings. The summed E-state index contributed by atoms with van der Waals surface area (Å²) in [5, 5.41) is 18.3. The van der Waals surface area contributed by atoms with E-state index >= 15 is 0 Å². The first kappa shape index (κ1) is 37.6. The monoisotopic (exact) mass is 406 g/mol. The summed E-state index contributed by atoms with van der Waals surface area (Å²) in [6.45, 7) is 5.67. The minimum Gasteiger partial charge on any atom is -0.748 e. The van der Waals surface area contributed by atoms with Crippen molar-refractivity contribution in [3.05, 3.63) is 0 Å². The largest absolute Gasteiger partial charge is 1.00 e. The van der Waals surface area contributed by atoms with Gasteiger partial charge in [-0.1, -0.05) is 39.5 Å². The van der Waals surface area contributed by atoms with E-state index in [9.17, 15) is 32.8 Å². The molecule has 0 heterocycles. The first-order valence-electron chi connectivity index (χ1n) is 7.38. The molecule has 25 heavy (non-hydrogen) atoms. The van der Waals surface area contributed by atoms with E-state index in [4.69, 9.17) is 0 Å². The molecule has 0 saturated carbocycles. The van der Waals surface area contributed by atoms with Crippen LogP contribution in [0.1, 0.15) is 65.7 Å². The number of hydrogen-bond acceptors (Lipinski definition) is 7. The van der Waals surface area contributed by atoms with Crippen LogP contribution < -0.4 is 98.9 Å². The second kappa shape index (κ2) is 22.1. The number of carboxylic acid groups (broad SMARTS) is 2. The molecule has 0 spiro atoms. The normalized spacial score (nSPS) is 12.0. The molecule has 2 unspecified atom stereocenters. The van der Waals surface area contributed by atoms with Crippen molar-refractivity contribution in [2.75, 3.05) is 0 Å². The van der Waals surface area contributed by atoms with Gasteiger partial charge in [-0.25, -0.2) is 8.42 Å². The van der Waals surface area contributed by atoms with Gasteiger partial charge in [0.15, 0.2) is 0 Å². The Hall–Kier alpha value is 1.85. The van der Waals surface area contributed by atoms with Gasteiger partial charge < -0.3 is 24.4 Å². The second-order valence-corrected chi connectivity index (χ2v) is 6.99. The van der Waals surface area contributed by atoms with Crippen LogP contribution in [0.5, 0.6) is 0 Å². The van der Waals surface area contributed by atoms with E-state index in [0.29, 0.717) is 12.3 Å². The summed E-state index contributed by atoms with van der Waals surface area (Å²) in [4.78, 5) is 19.0. The summed E-state index contributed by atoms with van der Waals surface area (Å²) in [6.07, 6.45) is 3.80. The van der Waals surface area contributed by atoms with Crippen LogP contribution in [0.15, 0.2) is 0 Å². The molecule has 0 fully saturated rings. The van der Waals surface area contributed by atoms with Gasteiger partial charge in [-0.05, 0) is 32.1 Å². The maximum Gasteiger partial charge on any atom is 1.00 e. The Labute approximate surface area is 217 Å². The van der Waals surface area contributed by atoms with E-state index in [1.807, 2.05) is 6.92 Å². The Morgan fingerprint density at radius 3 is 1.60 bits per heavy atom. The molecule has 0 aromatic rings. The summed E-state index contributed by atoms with van der Waals surface area (Å²) >= 11 is 0. The van der Waals surface area contributed by atoms with Gasteiger partial charge in [0.1, 0.15) is 0 Å². The molecule has 7 nitrogen and oxygen atoms in total. The zero-order valence-corrected chi connectivity index (χ0v) is 23.2. The Morgan fingerprint density at radius 1 is 0.960 bits per heavy atom. The molecule has 0 radical (unpaired) electrons. The quantitative estimate of drug-likeness (QED) is 0.259. The Balaban J connectivity index is -0.000000106. The first-order chi connectivity index (χ1) is 10.0. The Kier molecular flexibility index (Phi) is 33.3. The molecule has 0 amide bonds. The fourth-order valence-electron chi connectivity index (χ4n) is 1.77. The van der Waals surface area contributed by atoms with Crippen molar-refractivity contribution >= 4 is 22.1 Å². The molecule has 0 rings (SSSR count). The zero-order valence-electron chi connectivity index (χ0n) is 16.4. The molecule has 0 saturated heterocycles. The van der Waals surface area contributed by atoms with Crippen LogP contribution in [-0.2, 0) is 19.7 Å². The number of rotatable bonds is 10. The number of carbonyl (C=O) groups is 2. The first-order valence-corrected chi connectivity index (χ1v) is 8.86. The number of carboxylic acids is 2. The van der Waals surface area contributed by atoms with Crippen LogP contribution in [0.2, 0.25) is 0 Å². The van der Waals surface area contributed by atoms with Gasteiger partial charge in [0.2, 0.25) is 0 Å². The van der Waals surface area contributed by atoms with E-state index in [0.717, 1.165) is 25.7 Å². The minimum atomic E-state index is -4.08. The van der Waals surface area contributed by atoms with Crippen LogP contribution in [-0.4, -0.2) is 30.2 Å². The molecule has 0 aliphatic heterocycles. The summed E-state index contributed by atoms with van der Waals surface area (Å²) in [5.74, 6) is -2.35. The molecular weight excluding hydrogens is 381 g/mol. The third kappa shape index (κ3) is 28.2. The van der Waals surface area contributed by atoms with E-state index in [1.165, 1.54) is 6.92 Å². The number of unbranched alkanes of at least 4 members (excludes halogenated alkanes) is 1. The SMILES string of the molecule is CCCCC(CC)CC(C)S(=O)(=O)[O-].O=C([O-])CCC(=O)[O-].[Na+].[Na+].[Na+]. The van der Waals surface area contributed by atoms with Gasteiger partial charge >= 0.3 is 88.7 Å². The summed E-state index contributed by atoms with van der Waals surface area (Å²) in [6, 6.07) is 0. The third-order valence-electron chi connectivity index (χ3n) is 3.23. The molecule has 0 bridgehead atoms. The van der Waals surface area contributed by atoms with Crippen LogP contribution in [0, 0.1) is 5.92 Å². The van der Waals surface area contributed by atoms with Crippen LogP contribution in [0.3, 0.4) is 0 Å². The molecule has 0 aromatic carbocycles. The molecule has 0 aliphatic carbocycles. The summed E-state index contributed by atoms with van der Waals surface area (Å²) in [5.41, 5.74) is 0. The van der Waals surface area contributed by atoms with Crippen molar-refractivity contribution in [2.24, 2.45) is 5.92 Å². The predicted octanol–water partition coefficient (Wildman–Crippen LogP) is -9.20. The van der Waals surface area contributed by atoms with Crippen molar-refractivity contribution in [3.63, 3.8) is 0 Å². The van der Waals surface area contributed by atoms with Crippen molar-refractivity contribution in [2.45, 2.75) is 71.0 Å². The van der Waals surface area contributed by atoms with E-state index in [1.54, 1.807) is 0 Å². The third-order valence-corrected chi connectivity index (χ3v) is 4.41. The number of aliphatic carboxylic acids is 2. The molecule has 11 heteroatoms. The summed E-state index contributed by atoms with van der Waals surface area (Å²) in [7, 11) is -4.08. The minimum absolute atomic E-state index is 0. The fraction of sp³-hybridized carbons (Fsp3) is 0.857. The molecule has 0 N–H and O–H groups in total. The van der Waals surface area contributed by atoms with Gasteiger partial charge in [0.25, 0.3) is 0 Å². The standard InChI is InChI=1S/C10H22O3S.C4H6O4.3Na/c1-4-6-7-10(5-2)8-9(3)14(11,12)13;5-3(6)1-2-4(7)8;;;/h9-10H,4-8H2,1-3H3,(H,11,12,13);1-2H2,(H,5,6)(H,7,8);;;/q;;3*+1/p-3. The molecule has 0 aromatic heterocycles. The fourth-order valence-corrected chi connectivity index (χ4v) is 2.28. The van der Waals surface area contributed by atoms with Gasteiger partial charge in [0.05, 0.1) is 10.1 Å².